The predicted octanol–water partition coefficient (Wildman–Crippen LogP) is -17.4. The molecule has 37 atom stereocenters. The van der Waals surface area contributed by atoms with Crippen molar-refractivity contribution in [2.75, 3.05) is 46.2 Å². The summed E-state index contributed by atoms with van der Waals surface area (Å²) in [6, 6.07) is -5.94. The third kappa shape index (κ3) is 17.9. The van der Waals surface area contributed by atoms with Crippen LogP contribution < -0.4 is 16.0 Å². The van der Waals surface area contributed by atoms with Crippen LogP contribution in [0.2, 0.25) is 0 Å². The number of aliphatic hydroxyl groups is 22. The van der Waals surface area contributed by atoms with Gasteiger partial charge in [-0.15, -0.1) is 0 Å². The van der Waals surface area contributed by atoms with Gasteiger partial charge in [0.05, 0.1) is 58.5 Å². The molecule has 27 N–H and O–H groups in total. The lowest BCUT2D eigenvalue weighted by Gasteiger charge is -2.53. The number of carbonyl (C=O) groups excluding carboxylic acids is 3. The molecular formula is C54H89N3O42. The minimum Gasteiger partial charge on any atom is -0.477 e. The van der Waals surface area contributed by atoms with Gasteiger partial charge in [-0.2, -0.15) is 0 Å². The van der Waals surface area contributed by atoms with Crippen LogP contribution in [0.1, 0.15) is 33.6 Å². The molecule has 7 heterocycles. The van der Waals surface area contributed by atoms with Crippen molar-refractivity contribution < 1.29 is 208 Å². The number of aliphatic carboxylic acids is 2. The summed E-state index contributed by atoms with van der Waals surface area (Å²) in [6.45, 7) is -5.66. The predicted molar refractivity (Wildman–Crippen MR) is 301 cm³/mol. The van der Waals surface area contributed by atoms with E-state index in [4.69, 9.17) is 61.6 Å². The van der Waals surface area contributed by atoms with Crippen LogP contribution >= 0.6 is 0 Å². The molecule has 0 aliphatic carbocycles. The summed E-state index contributed by atoms with van der Waals surface area (Å²) in [5.41, 5.74) is 0. The van der Waals surface area contributed by atoms with Crippen molar-refractivity contribution in [1.82, 2.24) is 16.0 Å². The van der Waals surface area contributed by atoms with Crippen molar-refractivity contribution >= 4 is 29.7 Å². The van der Waals surface area contributed by atoms with E-state index in [0.717, 1.165) is 20.8 Å². The molecule has 0 aromatic carbocycles. The number of carbonyl (C=O) groups is 5. The fourth-order valence-electron chi connectivity index (χ4n) is 12.4. The van der Waals surface area contributed by atoms with Crippen LogP contribution in [0.25, 0.3) is 0 Å². The Morgan fingerprint density at radius 3 is 1.33 bits per heavy atom. The van der Waals surface area contributed by atoms with Crippen LogP contribution in [-0.4, -0.2) is 424 Å². The van der Waals surface area contributed by atoms with E-state index in [1.165, 1.54) is 0 Å². The maximum absolute atomic E-state index is 13.6. The lowest BCUT2D eigenvalue weighted by Crippen LogP contribution is -2.73. The van der Waals surface area contributed by atoms with Crippen molar-refractivity contribution in [3.8, 4) is 0 Å². The highest BCUT2D eigenvalue weighted by atomic mass is 16.8. The van der Waals surface area contributed by atoms with E-state index >= 15 is 0 Å². The highest BCUT2D eigenvalue weighted by Crippen LogP contribution is 2.42. The minimum atomic E-state index is -3.43. The van der Waals surface area contributed by atoms with E-state index in [-0.39, 0.29) is 0 Å². The Hall–Kier alpha value is -4.05. The fraction of sp³-hybridized carbons (Fsp3) is 0.907. The minimum absolute atomic E-state index is 0.841. The van der Waals surface area contributed by atoms with Crippen LogP contribution in [-0.2, 0) is 85.6 Å². The third-order valence-corrected chi connectivity index (χ3v) is 17.7. The number of hydrogen-bond donors (Lipinski definition) is 27. The molecule has 0 unspecified atom stereocenters. The number of hydrogen-bond acceptors (Lipinski definition) is 40. The number of carboxylic acids is 2. The molecule has 0 aromatic rings. The highest BCUT2D eigenvalue weighted by molar-refractivity contribution is 5.77. The van der Waals surface area contributed by atoms with Gasteiger partial charge in [0.25, 0.3) is 11.6 Å². The first-order chi connectivity index (χ1) is 46.5. The average molecular weight is 1450 g/mol. The van der Waals surface area contributed by atoms with Gasteiger partial charge >= 0.3 is 11.9 Å². The molecule has 0 saturated carbocycles. The SMILES string of the molecule is CC(=O)N[C@@H]1[C@@H](O[C@@H]2O[C@H](CO)[C@H](O[C@@H]3O[C@H](CO)[C@H](O)[C@H](O[C@@H]4O[C@H](CO)[C@H](O[C@@H]5O[C@H](CO)[C@H](O)[C@H](O)[C@H]5NC(C)=O)[C@H](O[C@]5(C(=O)O)C[C@H](O)[C@@H](O)[C@H]([C@H](O)[C@H](O)CO)O5)[C@H]4NC(C)=O)[C@H]3O)[C@H](O)[C@H]2O)[C@@H](O)[C@@H](CO[C@]2(C(=O)O)C[C@H](O)[C@@H](O)[C@H]([C@H](O)[C@H](O)CO)O2)O[C@@H]1O. The Balaban J connectivity index is 1.18. The second-order valence-electron chi connectivity index (χ2n) is 24.7. The van der Waals surface area contributed by atoms with E-state index in [1.807, 2.05) is 0 Å². The standard InChI is InChI=1S/C54H89N3O42/c1-13(64)55-25-35(78)32(75)20(8-60)89-47(25)94-40-23(11-63)91-48(27(57-15(3)66)42(40)97-54(52(85)86)5-17(68)29(72)45(99-54)31(74)19(70)7-59)96-43-33(76)21(9-61)90-50(38(43)81)93-39-22(10-62)92-49(37(80)36(39)79)95-41-26(56-14(2)65)46(82)88-24(34(41)77)12-87-53(51(83)84)4-16(67)28(71)44(98-53)30(73)18(69)6-58/h16-50,58-63,67-82H,4-12H2,1-3H3,(H,55,64)(H,56,65)(H,57,66)(H,83,84)(H,85,86)/t16-,17-,18+,19+,20+,21+,22+,23+,24+,25+,26+,27+,28+,29+,30+,31+,32-,33-,34-,35+,36+,37+,38+,39-,40-,41+,42+,43-,44+,45+,46-,47-,48-,49-,50-,53+,54+/m0/s1. The number of aliphatic hydroxyl groups excluding tert-OH is 22. The van der Waals surface area contributed by atoms with Crippen molar-refractivity contribution in [3.63, 3.8) is 0 Å². The van der Waals surface area contributed by atoms with E-state index < -0.39 is 315 Å². The molecule has 7 saturated heterocycles. The molecule has 0 radical (unpaired) electrons. The molecule has 0 spiro atoms. The van der Waals surface area contributed by atoms with E-state index in [9.17, 15) is 147 Å². The van der Waals surface area contributed by atoms with E-state index in [0.29, 0.717) is 0 Å². The van der Waals surface area contributed by atoms with Gasteiger partial charge in [-0.25, -0.2) is 9.59 Å². The monoisotopic (exact) mass is 1450 g/mol. The summed E-state index contributed by atoms with van der Waals surface area (Å²) < 4.78 is 75.4. The van der Waals surface area contributed by atoms with Crippen molar-refractivity contribution in [2.24, 2.45) is 0 Å². The fourth-order valence-corrected chi connectivity index (χ4v) is 12.4. The third-order valence-electron chi connectivity index (χ3n) is 17.7. The van der Waals surface area contributed by atoms with E-state index in [2.05, 4.69) is 16.0 Å². The van der Waals surface area contributed by atoms with Gasteiger partial charge < -0.3 is 200 Å². The van der Waals surface area contributed by atoms with Gasteiger partial charge in [-0.05, 0) is 0 Å². The lowest BCUT2D eigenvalue weighted by molar-refractivity contribution is -0.397. The normalized spacial score (nSPS) is 45.7. The summed E-state index contributed by atoms with van der Waals surface area (Å²) in [5.74, 6) is -13.7. The van der Waals surface area contributed by atoms with Crippen LogP contribution in [0.5, 0.6) is 0 Å². The smallest absolute Gasteiger partial charge is 0.364 e. The first kappa shape index (κ1) is 82.2. The molecule has 45 heteroatoms. The number of rotatable bonds is 28. The molecule has 7 aliphatic heterocycles. The second kappa shape index (κ2) is 34.7. The quantitative estimate of drug-likeness (QED) is 0.0346. The largest absolute Gasteiger partial charge is 0.477 e. The second-order valence-corrected chi connectivity index (χ2v) is 24.7. The van der Waals surface area contributed by atoms with Gasteiger partial charge in [0.15, 0.2) is 31.5 Å². The Morgan fingerprint density at radius 2 is 0.818 bits per heavy atom. The van der Waals surface area contributed by atoms with Gasteiger partial charge in [0.2, 0.25) is 17.7 Å². The molecule has 0 bridgehead atoms. The topological polar surface area (TPSA) is 727 Å². The summed E-state index contributed by atoms with van der Waals surface area (Å²) >= 11 is 0. The van der Waals surface area contributed by atoms with Crippen molar-refractivity contribution in [2.45, 2.75) is 260 Å². The maximum Gasteiger partial charge on any atom is 0.364 e. The first-order valence-corrected chi connectivity index (χ1v) is 30.9. The molecule has 0 aromatic heterocycles. The average Bonchev–Trinajstić information content (AvgIpc) is 0.729. The molecule has 99 heavy (non-hydrogen) atoms. The van der Waals surface area contributed by atoms with Gasteiger partial charge in [-0.1, -0.05) is 0 Å². The maximum atomic E-state index is 13.6. The zero-order valence-corrected chi connectivity index (χ0v) is 52.7. The molecule has 7 fully saturated rings. The van der Waals surface area contributed by atoms with Crippen molar-refractivity contribution in [3.05, 3.63) is 0 Å². The highest BCUT2D eigenvalue weighted by Gasteiger charge is 2.63. The first-order valence-electron chi connectivity index (χ1n) is 30.9. The Kier molecular flexibility index (Phi) is 28.8. The number of nitrogens with one attached hydrogen (secondary N) is 3. The van der Waals surface area contributed by atoms with Gasteiger partial charge in [0.1, 0.15) is 171 Å². The van der Waals surface area contributed by atoms with Gasteiger partial charge in [0, 0.05) is 33.6 Å². The number of amides is 3. The molecule has 3 amide bonds. The Morgan fingerprint density at radius 1 is 0.414 bits per heavy atom. The molecule has 7 rings (SSSR count). The Bertz CT molecular complexity index is 2650. The summed E-state index contributed by atoms with van der Waals surface area (Å²) in [6.07, 6.45) is -72.9. The van der Waals surface area contributed by atoms with Crippen LogP contribution in [0.3, 0.4) is 0 Å². The van der Waals surface area contributed by atoms with Crippen molar-refractivity contribution in [1.29, 1.82) is 0 Å². The van der Waals surface area contributed by atoms with E-state index in [1.54, 1.807) is 0 Å². The van der Waals surface area contributed by atoms with Gasteiger partial charge in [-0.3, -0.25) is 14.4 Å². The molecular weight excluding hydrogens is 1360 g/mol. The number of ether oxygens (including phenoxy) is 13. The number of carboxylic acid groups (broad SMARTS) is 2. The van der Waals surface area contributed by atoms with Crippen LogP contribution in [0.4, 0.5) is 0 Å². The van der Waals surface area contributed by atoms with Crippen LogP contribution in [0, 0.1) is 0 Å². The summed E-state index contributed by atoms with van der Waals surface area (Å²) in [4.78, 5) is 64.6. The summed E-state index contributed by atoms with van der Waals surface area (Å²) in [7, 11) is 0. The lowest BCUT2D eigenvalue weighted by atomic mass is 9.89. The van der Waals surface area contributed by atoms with Crippen LogP contribution in [0.15, 0.2) is 0 Å². The molecule has 572 valence electrons. The zero-order valence-electron chi connectivity index (χ0n) is 52.7. The zero-order chi connectivity index (χ0) is 73.8. The molecule has 45 nitrogen and oxygen atoms in total. The molecule has 7 aliphatic rings. The summed E-state index contributed by atoms with van der Waals surface area (Å²) in [5, 5.41) is 267. The Labute approximate surface area is 558 Å².